The van der Waals surface area contributed by atoms with E-state index in [1.165, 1.54) is 29.3 Å². The van der Waals surface area contributed by atoms with Crippen molar-refractivity contribution in [3.05, 3.63) is 87.1 Å². The second-order valence-corrected chi connectivity index (χ2v) is 7.71. The van der Waals surface area contributed by atoms with Crippen LogP contribution < -0.4 is 10.2 Å². The van der Waals surface area contributed by atoms with Crippen LogP contribution in [0.25, 0.3) is 0 Å². The third-order valence-corrected chi connectivity index (χ3v) is 5.20. The van der Waals surface area contributed by atoms with E-state index in [1.807, 2.05) is 32.9 Å². The summed E-state index contributed by atoms with van der Waals surface area (Å²) in [6, 6.07) is 11.5. The van der Waals surface area contributed by atoms with Gasteiger partial charge in [0.2, 0.25) is 0 Å². The van der Waals surface area contributed by atoms with Gasteiger partial charge in [-0.25, -0.2) is 9.88 Å². The molecule has 0 fully saturated rings. The van der Waals surface area contributed by atoms with Gasteiger partial charge in [-0.15, -0.1) is 0 Å². The number of amides is 3. The van der Waals surface area contributed by atoms with Gasteiger partial charge in [-0.1, -0.05) is 29.3 Å². The summed E-state index contributed by atoms with van der Waals surface area (Å²) < 4.78 is 0. The number of benzene rings is 2. The Labute approximate surface area is 178 Å². The molecular weight excluding hydrogens is 402 g/mol. The molecule has 1 aromatic heterocycles. The van der Waals surface area contributed by atoms with Gasteiger partial charge in [0.1, 0.15) is 5.82 Å². The minimum absolute atomic E-state index is 0.205. The van der Waals surface area contributed by atoms with Gasteiger partial charge in [-0.05, 0) is 62.2 Å². The highest BCUT2D eigenvalue weighted by atomic mass is 35.5. The first-order valence-electron chi connectivity index (χ1n) is 9.30. The maximum absolute atomic E-state index is 13.1. The average molecular weight is 420 g/mol. The lowest BCUT2D eigenvalue weighted by Crippen LogP contribution is -2.30. The highest BCUT2D eigenvalue weighted by molar-refractivity contribution is 6.35. The van der Waals surface area contributed by atoms with Crippen molar-refractivity contribution in [2.24, 2.45) is 0 Å². The zero-order valence-electron chi connectivity index (χ0n) is 16.6. The van der Waals surface area contributed by atoms with E-state index < -0.39 is 17.7 Å². The Morgan fingerprint density at radius 3 is 2.23 bits per heavy atom. The van der Waals surface area contributed by atoms with E-state index in [-0.39, 0.29) is 16.7 Å². The fourth-order valence-corrected chi connectivity index (χ4v) is 3.86. The van der Waals surface area contributed by atoms with Crippen LogP contribution in [-0.2, 0) is 0 Å². The normalized spacial score (nSPS) is 12.9. The average Bonchev–Trinajstić information content (AvgIpc) is 2.94. The van der Waals surface area contributed by atoms with Gasteiger partial charge in [-0.2, -0.15) is 0 Å². The molecule has 0 atom stereocenters. The molecule has 6 nitrogen and oxygen atoms in total. The molecule has 0 unspecified atom stereocenters. The molecule has 1 aliphatic heterocycles. The van der Waals surface area contributed by atoms with E-state index in [4.69, 9.17) is 11.6 Å². The van der Waals surface area contributed by atoms with Crippen LogP contribution in [0.3, 0.4) is 0 Å². The molecule has 0 spiro atoms. The number of aromatic nitrogens is 1. The maximum Gasteiger partial charge on any atom is 0.266 e. The summed E-state index contributed by atoms with van der Waals surface area (Å²) in [6.07, 6.45) is 1.42. The number of nitrogens with one attached hydrogen (secondary N) is 1. The lowest BCUT2D eigenvalue weighted by atomic mass is 10.0. The van der Waals surface area contributed by atoms with Gasteiger partial charge >= 0.3 is 0 Å². The Morgan fingerprint density at radius 2 is 1.60 bits per heavy atom. The van der Waals surface area contributed by atoms with Crippen molar-refractivity contribution in [1.82, 2.24) is 4.98 Å². The second-order valence-electron chi connectivity index (χ2n) is 7.27. The number of nitrogens with zero attached hydrogens (tertiary/aromatic N) is 2. The van der Waals surface area contributed by atoms with E-state index in [2.05, 4.69) is 10.3 Å². The topological polar surface area (TPSA) is 79.4 Å². The number of imide groups is 1. The number of anilines is 2. The standard InChI is InChI=1S/C23H18ClN3O3/c1-12-8-13(2)20(14(3)9-12)27-22(29)17-6-4-15(10-18(17)23(27)30)21(28)26-19-7-5-16(24)11-25-19/h4-11H,1-3H3,(H,25,26,28). The number of hydrogen-bond donors (Lipinski definition) is 1. The SMILES string of the molecule is Cc1cc(C)c(N2C(=O)c3ccc(C(=O)Nc4ccc(Cl)cn4)cc3C2=O)c(C)c1. The molecule has 2 heterocycles. The molecule has 0 radical (unpaired) electrons. The Kier molecular flexibility index (Phi) is 4.87. The Bertz CT molecular complexity index is 1200. The highest BCUT2D eigenvalue weighted by Gasteiger charge is 2.38. The Balaban J connectivity index is 1.67. The summed E-state index contributed by atoms with van der Waals surface area (Å²) in [5.41, 5.74) is 4.06. The Hall–Kier alpha value is -3.51. The van der Waals surface area contributed by atoms with Crippen molar-refractivity contribution >= 4 is 40.8 Å². The van der Waals surface area contributed by atoms with Crippen LogP contribution in [0.5, 0.6) is 0 Å². The number of halogens is 1. The van der Waals surface area contributed by atoms with E-state index >= 15 is 0 Å². The third kappa shape index (κ3) is 3.35. The van der Waals surface area contributed by atoms with Crippen LogP contribution >= 0.6 is 11.6 Å². The lowest BCUT2D eigenvalue weighted by Gasteiger charge is -2.20. The number of fused-ring (bicyclic) bond motifs is 1. The summed E-state index contributed by atoms with van der Waals surface area (Å²) in [7, 11) is 0. The minimum atomic E-state index is -0.440. The zero-order valence-corrected chi connectivity index (χ0v) is 17.4. The fraction of sp³-hybridized carbons (Fsp3) is 0.130. The second kappa shape index (κ2) is 7.39. The molecule has 2 aromatic carbocycles. The molecule has 3 aromatic rings. The van der Waals surface area contributed by atoms with E-state index in [1.54, 1.807) is 12.1 Å². The first kappa shape index (κ1) is 19.8. The first-order valence-corrected chi connectivity index (χ1v) is 9.67. The molecule has 4 rings (SSSR count). The summed E-state index contributed by atoms with van der Waals surface area (Å²) in [4.78, 5) is 43.9. The van der Waals surface area contributed by atoms with Crippen LogP contribution in [0.4, 0.5) is 11.5 Å². The number of rotatable bonds is 3. The molecule has 1 aliphatic rings. The van der Waals surface area contributed by atoms with Crippen LogP contribution in [0.2, 0.25) is 5.02 Å². The number of carbonyl (C=O) groups is 3. The number of pyridine rings is 1. The van der Waals surface area contributed by atoms with E-state index in [9.17, 15) is 14.4 Å². The van der Waals surface area contributed by atoms with Crippen LogP contribution in [0.1, 0.15) is 47.8 Å². The van der Waals surface area contributed by atoms with Crippen molar-refractivity contribution < 1.29 is 14.4 Å². The number of carbonyl (C=O) groups excluding carboxylic acids is 3. The minimum Gasteiger partial charge on any atom is -0.307 e. The monoisotopic (exact) mass is 419 g/mol. The number of hydrogen-bond acceptors (Lipinski definition) is 4. The van der Waals surface area contributed by atoms with Gasteiger partial charge in [0.25, 0.3) is 17.7 Å². The smallest absolute Gasteiger partial charge is 0.266 e. The van der Waals surface area contributed by atoms with E-state index in [0.29, 0.717) is 16.5 Å². The van der Waals surface area contributed by atoms with Crippen molar-refractivity contribution in [3.8, 4) is 0 Å². The van der Waals surface area contributed by atoms with Gasteiger partial charge < -0.3 is 5.32 Å². The third-order valence-electron chi connectivity index (χ3n) is 4.98. The van der Waals surface area contributed by atoms with Crippen molar-refractivity contribution in [1.29, 1.82) is 0 Å². The molecule has 30 heavy (non-hydrogen) atoms. The van der Waals surface area contributed by atoms with E-state index in [0.717, 1.165) is 16.7 Å². The van der Waals surface area contributed by atoms with Crippen molar-refractivity contribution in [2.75, 3.05) is 10.2 Å². The van der Waals surface area contributed by atoms with Crippen molar-refractivity contribution in [2.45, 2.75) is 20.8 Å². The maximum atomic E-state index is 13.1. The molecule has 0 bridgehead atoms. The van der Waals surface area contributed by atoms with Gasteiger partial charge in [0.15, 0.2) is 0 Å². The van der Waals surface area contributed by atoms with Gasteiger partial charge in [-0.3, -0.25) is 14.4 Å². The summed E-state index contributed by atoms with van der Waals surface area (Å²) in [5, 5.41) is 3.11. The van der Waals surface area contributed by atoms with Gasteiger partial charge in [0, 0.05) is 11.8 Å². The highest BCUT2D eigenvalue weighted by Crippen LogP contribution is 2.34. The summed E-state index contributed by atoms with van der Waals surface area (Å²) >= 11 is 5.80. The fourth-order valence-electron chi connectivity index (χ4n) is 3.75. The molecule has 1 N–H and O–H groups in total. The van der Waals surface area contributed by atoms with Crippen molar-refractivity contribution in [3.63, 3.8) is 0 Å². The van der Waals surface area contributed by atoms with Crippen LogP contribution in [0.15, 0.2) is 48.7 Å². The molecule has 7 heteroatoms. The molecule has 0 aliphatic carbocycles. The quantitative estimate of drug-likeness (QED) is 0.623. The Morgan fingerprint density at radius 1 is 0.933 bits per heavy atom. The van der Waals surface area contributed by atoms with Crippen LogP contribution in [-0.4, -0.2) is 22.7 Å². The molecular formula is C23H18ClN3O3. The molecule has 0 saturated heterocycles. The zero-order chi connectivity index (χ0) is 21.6. The predicted octanol–water partition coefficient (Wildman–Crippen LogP) is 4.71. The summed E-state index contributed by atoms with van der Waals surface area (Å²) in [6.45, 7) is 5.71. The molecule has 3 amide bonds. The van der Waals surface area contributed by atoms with Gasteiger partial charge in [0.05, 0.1) is 21.8 Å². The molecule has 150 valence electrons. The van der Waals surface area contributed by atoms with Crippen LogP contribution in [0, 0.1) is 20.8 Å². The number of aryl methyl sites for hydroxylation is 3. The summed E-state index contributed by atoms with van der Waals surface area (Å²) in [5.74, 6) is -0.936. The lowest BCUT2D eigenvalue weighted by molar-refractivity contribution is 0.0925. The molecule has 0 saturated carbocycles. The first-order chi connectivity index (χ1) is 14.3. The largest absolute Gasteiger partial charge is 0.307 e. The predicted molar refractivity (Wildman–Crippen MR) is 115 cm³/mol.